The van der Waals surface area contributed by atoms with Crippen LogP contribution < -0.4 is 0 Å². The minimum Gasteiger partial charge on any atom is -0.309 e. The van der Waals surface area contributed by atoms with E-state index in [9.17, 15) is 0 Å². The maximum Gasteiger partial charge on any atom is 0.0547 e. The molecule has 66 heavy (non-hydrogen) atoms. The minimum absolute atomic E-state index is 1.17. The van der Waals surface area contributed by atoms with Crippen molar-refractivity contribution in [2.45, 2.75) is 0 Å². The van der Waals surface area contributed by atoms with Crippen molar-refractivity contribution in [2.24, 2.45) is 0 Å². The highest BCUT2D eigenvalue weighted by Gasteiger charge is 2.23. The molecule has 15 aromatic rings. The van der Waals surface area contributed by atoms with Gasteiger partial charge in [-0.15, -0.1) is 0 Å². The van der Waals surface area contributed by atoms with E-state index in [1.165, 1.54) is 143 Å². The number of benzene rings is 13. The smallest absolute Gasteiger partial charge is 0.0547 e. The van der Waals surface area contributed by atoms with Gasteiger partial charge in [-0.25, -0.2) is 0 Å². The van der Waals surface area contributed by atoms with Crippen LogP contribution in [-0.2, 0) is 0 Å². The van der Waals surface area contributed by atoms with E-state index in [1.54, 1.807) is 0 Å². The Labute approximate surface area is 380 Å². The molecule has 0 saturated carbocycles. The summed E-state index contributed by atoms with van der Waals surface area (Å²) in [5.74, 6) is 0. The predicted octanol–water partition coefficient (Wildman–Crippen LogP) is 17.5. The Morgan fingerprint density at radius 3 is 0.970 bits per heavy atom. The first-order chi connectivity index (χ1) is 32.7. The van der Waals surface area contributed by atoms with Crippen molar-refractivity contribution in [2.75, 3.05) is 0 Å². The van der Waals surface area contributed by atoms with E-state index in [4.69, 9.17) is 0 Å². The van der Waals surface area contributed by atoms with E-state index >= 15 is 0 Å². The fourth-order valence-electron chi connectivity index (χ4n) is 11.6. The molecule has 0 radical (unpaired) electrons. The second-order valence-corrected chi connectivity index (χ2v) is 18.0. The number of fused-ring (bicyclic) bond motifs is 7. The van der Waals surface area contributed by atoms with Gasteiger partial charge in [-0.1, -0.05) is 170 Å². The average Bonchev–Trinajstić information content (AvgIpc) is 3.89. The van der Waals surface area contributed by atoms with Crippen molar-refractivity contribution in [1.82, 2.24) is 9.13 Å². The zero-order valence-electron chi connectivity index (χ0n) is 35.8. The Hall–Kier alpha value is -8.72. The van der Waals surface area contributed by atoms with Gasteiger partial charge in [-0.2, -0.15) is 0 Å². The van der Waals surface area contributed by atoms with E-state index < -0.39 is 0 Å². The standard InChI is InChI=1S/C64H38N2/c1-3-11-45(12-4-1)65-59-17-9-7-15-49(59)51-29-27-43(35-61(51)65)39-19-23-41(24-20-39)55-37-57-47-32-34-54-56(38-58-48(47)31-33-53(55)63(58)64(54)57)42-25-21-40(22-26-42)44-28-30-52-50-16-8-10-18-60(50)66(62(52)36-44)46-13-5-2-6-14-46/h1-38H. The van der Waals surface area contributed by atoms with Crippen LogP contribution in [0.15, 0.2) is 231 Å². The Bertz CT molecular complexity index is 4060. The molecule has 13 aromatic carbocycles. The molecule has 2 nitrogen and oxygen atoms in total. The Morgan fingerprint density at radius 1 is 0.197 bits per heavy atom. The van der Waals surface area contributed by atoms with Crippen LogP contribution >= 0.6 is 0 Å². The van der Waals surface area contributed by atoms with Gasteiger partial charge in [0.25, 0.3) is 0 Å². The van der Waals surface area contributed by atoms with Crippen LogP contribution in [0.3, 0.4) is 0 Å². The van der Waals surface area contributed by atoms with Gasteiger partial charge < -0.3 is 9.13 Å². The van der Waals surface area contributed by atoms with Crippen LogP contribution in [0.4, 0.5) is 0 Å². The summed E-state index contributed by atoms with van der Waals surface area (Å²) in [5.41, 5.74) is 17.2. The highest BCUT2D eigenvalue weighted by Crippen LogP contribution is 2.51. The van der Waals surface area contributed by atoms with E-state index in [2.05, 4.69) is 240 Å². The molecule has 0 aliphatic heterocycles. The maximum absolute atomic E-state index is 2.46. The maximum atomic E-state index is 2.46. The summed E-state index contributed by atoms with van der Waals surface area (Å²) in [4.78, 5) is 0. The van der Waals surface area contributed by atoms with Crippen LogP contribution in [0, 0.1) is 0 Å². The largest absolute Gasteiger partial charge is 0.309 e. The second kappa shape index (κ2) is 13.4. The SMILES string of the molecule is c1ccc(-n2c3ccccc3c3ccc(-c4ccc(-c5cc6c7ccc8c(-c9ccc(-c%10ccc%11c%12ccccc%12n(-c%12ccccc%12)c%11c%10)cc9)cc9c7ccc5c9c86)cc4)cc32)cc1. The van der Waals surface area contributed by atoms with E-state index in [-0.39, 0.29) is 0 Å². The minimum atomic E-state index is 1.17. The molecule has 0 unspecified atom stereocenters. The van der Waals surface area contributed by atoms with Gasteiger partial charge in [-0.05, 0) is 148 Å². The molecule has 304 valence electrons. The number of nitrogens with zero attached hydrogens (tertiary/aromatic N) is 2. The van der Waals surface area contributed by atoms with Crippen LogP contribution in [0.2, 0.25) is 0 Å². The first-order valence-corrected chi connectivity index (χ1v) is 22.9. The molecule has 15 rings (SSSR count). The lowest BCUT2D eigenvalue weighted by Crippen LogP contribution is -1.95. The molecule has 0 aliphatic rings. The van der Waals surface area contributed by atoms with Gasteiger partial charge in [0, 0.05) is 32.9 Å². The summed E-state index contributed by atoms with van der Waals surface area (Å²) in [6.07, 6.45) is 0. The van der Waals surface area contributed by atoms with Gasteiger partial charge in [0.05, 0.1) is 22.1 Å². The molecule has 0 spiro atoms. The molecule has 6 bridgehead atoms. The Kier molecular flexibility index (Phi) is 7.25. The molecule has 2 heteroatoms. The van der Waals surface area contributed by atoms with Crippen LogP contribution in [0.25, 0.3) is 143 Å². The topological polar surface area (TPSA) is 9.86 Å². The number of rotatable bonds is 6. The summed E-state index contributed by atoms with van der Waals surface area (Å²) in [7, 11) is 0. The third-order valence-electron chi connectivity index (χ3n) is 14.6. The number of para-hydroxylation sites is 4. The normalized spacial score (nSPS) is 12.2. The summed E-state index contributed by atoms with van der Waals surface area (Å²) in [6, 6.07) is 85.6. The molecule has 0 amide bonds. The van der Waals surface area contributed by atoms with Crippen molar-refractivity contribution in [1.29, 1.82) is 0 Å². The lowest BCUT2D eigenvalue weighted by atomic mass is 9.80. The van der Waals surface area contributed by atoms with E-state index in [0.717, 1.165) is 0 Å². The molecule has 0 aliphatic carbocycles. The van der Waals surface area contributed by atoms with Crippen molar-refractivity contribution < 1.29 is 0 Å². The van der Waals surface area contributed by atoms with Crippen LogP contribution in [0.5, 0.6) is 0 Å². The predicted molar refractivity (Wildman–Crippen MR) is 280 cm³/mol. The summed E-state index contributed by atoms with van der Waals surface area (Å²) in [6.45, 7) is 0. The van der Waals surface area contributed by atoms with Gasteiger partial charge in [0.15, 0.2) is 0 Å². The molecular formula is C64H38N2. The quantitative estimate of drug-likeness (QED) is 0.148. The monoisotopic (exact) mass is 834 g/mol. The second-order valence-electron chi connectivity index (χ2n) is 18.0. The van der Waals surface area contributed by atoms with Crippen LogP contribution in [0.1, 0.15) is 0 Å². The first-order valence-electron chi connectivity index (χ1n) is 22.9. The van der Waals surface area contributed by atoms with E-state index in [1.807, 2.05) is 0 Å². The van der Waals surface area contributed by atoms with Crippen molar-refractivity contribution >= 4 is 86.7 Å². The van der Waals surface area contributed by atoms with Crippen molar-refractivity contribution in [3.05, 3.63) is 231 Å². The lowest BCUT2D eigenvalue weighted by molar-refractivity contribution is 1.18. The summed E-state index contributed by atoms with van der Waals surface area (Å²) < 4.78 is 4.79. The van der Waals surface area contributed by atoms with E-state index in [0.29, 0.717) is 0 Å². The molecule has 0 N–H and O–H groups in total. The number of hydrogen-bond acceptors (Lipinski definition) is 0. The Morgan fingerprint density at radius 2 is 0.530 bits per heavy atom. The zero-order valence-corrected chi connectivity index (χ0v) is 35.8. The third kappa shape index (κ3) is 4.96. The fourth-order valence-corrected chi connectivity index (χ4v) is 11.6. The lowest BCUT2D eigenvalue weighted by Gasteiger charge is -2.23. The molecular weight excluding hydrogens is 797 g/mol. The summed E-state index contributed by atoms with van der Waals surface area (Å²) >= 11 is 0. The molecule has 2 aromatic heterocycles. The Balaban J connectivity index is 0.805. The first kappa shape index (κ1) is 35.7. The molecule has 0 saturated heterocycles. The highest BCUT2D eigenvalue weighted by molar-refractivity contribution is 6.40. The summed E-state index contributed by atoms with van der Waals surface area (Å²) in [5, 5.41) is 15.8. The van der Waals surface area contributed by atoms with Gasteiger partial charge in [0.2, 0.25) is 0 Å². The van der Waals surface area contributed by atoms with Gasteiger partial charge >= 0.3 is 0 Å². The molecule has 2 heterocycles. The number of hydrogen-bond donors (Lipinski definition) is 0. The van der Waals surface area contributed by atoms with Gasteiger partial charge in [-0.3, -0.25) is 0 Å². The average molecular weight is 835 g/mol. The molecule has 0 fully saturated rings. The zero-order chi connectivity index (χ0) is 43.0. The van der Waals surface area contributed by atoms with Crippen molar-refractivity contribution in [3.8, 4) is 55.9 Å². The van der Waals surface area contributed by atoms with Gasteiger partial charge in [0.1, 0.15) is 0 Å². The van der Waals surface area contributed by atoms with Crippen molar-refractivity contribution in [3.63, 3.8) is 0 Å². The number of aromatic nitrogens is 2. The van der Waals surface area contributed by atoms with Crippen LogP contribution in [-0.4, -0.2) is 9.13 Å². The molecule has 0 atom stereocenters. The highest BCUT2D eigenvalue weighted by atomic mass is 15.0. The third-order valence-corrected chi connectivity index (χ3v) is 14.6. The fraction of sp³-hybridized carbons (Fsp3) is 0.